The van der Waals surface area contributed by atoms with Gasteiger partial charge in [-0.05, 0) is 7.05 Å². The van der Waals surface area contributed by atoms with E-state index >= 15 is 0 Å². The highest BCUT2D eigenvalue weighted by atomic mass is 16.5. The number of nitrogens with zero attached hydrogens (tertiary/aromatic N) is 1. The van der Waals surface area contributed by atoms with Crippen molar-refractivity contribution in [1.82, 2.24) is 15.5 Å². The van der Waals surface area contributed by atoms with Crippen LogP contribution in [0.2, 0.25) is 0 Å². The van der Waals surface area contributed by atoms with E-state index in [2.05, 4.69) is 15.5 Å². The Labute approximate surface area is 94.3 Å². The topological polar surface area (TPSA) is 70.7 Å². The first kappa shape index (κ1) is 11.3. The van der Waals surface area contributed by atoms with Crippen molar-refractivity contribution >= 4 is 11.9 Å². The summed E-state index contributed by atoms with van der Waals surface area (Å²) in [4.78, 5) is 24.7. The molecule has 1 amide bonds. The summed E-state index contributed by atoms with van der Waals surface area (Å²) < 4.78 is 4.79. The minimum atomic E-state index is -0.310. The lowest BCUT2D eigenvalue weighted by molar-refractivity contribution is -0.139. The zero-order chi connectivity index (χ0) is 11.5. The molecule has 0 radical (unpaired) electrons. The maximum Gasteiger partial charge on any atom is 0.323 e. The first-order valence-electron chi connectivity index (χ1n) is 5.53. The van der Waals surface area contributed by atoms with E-state index in [4.69, 9.17) is 4.74 Å². The number of hydrogen-bond donors (Lipinski definition) is 2. The molecule has 0 aromatic rings. The molecular weight excluding hydrogens is 210 g/mol. The third kappa shape index (κ3) is 2.70. The van der Waals surface area contributed by atoms with Crippen molar-refractivity contribution in [2.45, 2.75) is 18.5 Å². The van der Waals surface area contributed by atoms with E-state index in [1.54, 1.807) is 0 Å². The highest BCUT2D eigenvalue weighted by molar-refractivity contribution is 5.81. The van der Waals surface area contributed by atoms with Gasteiger partial charge in [0.1, 0.15) is 6.04 Å². The number of nitrogens with one attached hydrogen (secondary N) is 2. The van der Waals surface area contributed by atoms with Gasteiger partial charge in [0.15, 0.2) is 0 Å². The third-order valence-electron chi connectivity index (χ3n) is 2.87. The molecule has 0 saturated carbocycles. The average molecular weight is 227 g/mol. The van der Waals surface area contributed by atoms with Crippen LogP contribution in [0.5, 0.6) is 0 Å². The van der Waals surface area contributed by atoms with E-state index in [9.17, 15) is 9.59 Å². The fraction of sp³-hybridized carbons (Fsp3) is 0.800. The highest BCUT2D eigenvalue weighted by Crippen LogP contribution is 2.05. The number of likely N-dealkylation sites (tertiary alicyclic amines) is 1. The predicted molar refractivity (Wildman–Crippen MR) is 56.8 cm³/mol. The van der Waals surface area contributed by atoms with Crippen LogP contribution in [0.3, 0.4) is 0 Å². The van der Waals surface area contributed by atoms with Gasteiger partial charge in [0.25, 0.3) is 0 Å². The van der Waals surface area contributed by atoms with Gasteiger partial charge >= 0.3 is 5.97 Å². The molecule has 2 heterocycles. The van der Waals surface area contributed by atoms with Crippen LogP contribution in [-0.4, -0.2) is 62.1 Å². The number of likely N-dealkylation sites (N-methyl/N-ethyl adjacent to an activating group) is 1. The van der Waals surface area contributed by atoms with Gasteiger partial charge < -0.3 is 15.0 Å². The quantitative estimate of drug-likeness (QED) is 0.561. The van der Waals surface area contributed by atoms with E-state index in [0.29, 0.717) is 13.0 Å². The monoisotopic (exact) mass is 227 g/mol. The number of hydrogen-bond acceptors (Lipinski definition) is 5. The van der Waals surface area contributed by atoms with Crippen LogP contribution < -0.4 is 10.6 Å². The summed E-state index contributed by atoms with van der Waals surface area (Å²) in [7, 11) is 2.01. The van der Waals surface area contributed by atoms with Gasteiger partial charge in [0.2, 0.25) is 5.91 Å². The average Bonchev–Trinajstić information content (AvgIpc) is 2.59. The number of carbonyl (C=O) groups is 2. The highest BCUT2D eigenvalue weighted by Gasteiger charge is 2.28. The van der Waals surface area contributed by atoms with Crippen LogP contribution in [0, 0.1) is 0 Å². The van der Waals surface area contributed by atoms with E-state index in [0.717, 1.165) is 13.1 Å². The van der Waals surface area contributed by atoms with Gasteiger partial charge in [0.05, 0.1) is 19.2 Å². The molecule has 6 heteroatoms. The van der Waals surface area contributed by atoms with Gasteiger partial charge in [-0.2, -0.15) is 0 Å². The second kappa shape index (κ2) is 4.80. The van der Waals surface area contributed by atoms with Crippen molar-refractivity contribution < 1.29 is 14.3 Å². The lowest BCUT2D eigenvalue weighted by Gasteiger charge is -2.36. The molecule has 1 unspecified atom stereocenters. The van der Waals surface area contributed by atoms with Crippen molar-refractivity contribution in [1.29, 1.82) is 0 Å². The SMILES string of the molecule is CN1CC(NC(=O)CNC2CCOC2=O)C1. The smallest absolute Gasteiger partial charge is 0.323 e. The lowest BCUT2D eigenvalue weighted by atomic mass is 10.1. The number of esters is 1. The largest absolute Gasteiger partial charge is 0.464 e. The maximum atomic E-state index is 11.5. The van der Waals surface area contributed by atoms with Crippen molar-refractivity contribution in [2.75, 3.05) is 33.3 Å². The molecule has 2 rings (SSSR count). The number of rotatable bonds is 4. The normalized spacial score (nSPS) is 26.3. The van der Waals surface area contributed by atoms with Gasteiger partial charge in [-0.3, -0.25) is 14.9 Å². The molecule has 6 nitrogen and oxygen atoms in total. The third-order valence-corrected chi connectivity index (χ3v) is 2.87. The Hall–Kier alpha value is -1.14. The van der Waals surface area contributed by atoms with Gasteiger partial charge in [0, 0.05) is 19.5 Å². The van der Waals surface area contributed by atoms with E-state index in [1.807, 2.05) is 7.05 Å². The summed E-state index contributed by atoms with van der Waals surface area (Å²) in [6.07, 6.45) is 0.651. The van der Waals surface area contributed by atoms with Gasteiger partial charge in [-0.25, -0.2) is 0 Å². The number of amides is 1. The zero-order valence-corrected chi connectivity index (χ0v) is 9.36. The number of ether oxygens (including phenoxy) is 1. The zero-order valence-electron chi connectivity index (χ0n) is 9.36. The molecule has 0 aromatic carbocycles. The van der Waals surface area contributed by atoms with Gasteiger partial charge in [-0.1, -0.05) is 0 Å². The molecule has 0 bridgehead atoms. The molecule has 0 aliphatic carbocycles. The molecule has 2 N–H and O–H groups in total. The van der Waals surface area contributed by atoms with Crippen LogP contribution in [-0.2, 0) is 14.3 Å². The van der Waals surface area contributed by atoms with Crippen molar-refractivity contribution in [3.8, 4) is 0 Å². The van der Waals surface area contributed by atoms with E-state index < -0.39 is 0 Å². The molecule has 16 heavy (non-hydrogen) atoms. The molecule has 2 fully saturated rings. The standard InChI is InChI=1S/C10H17N3O3/c1-13-5-7(6-13)12-9(14)4-11-8-2-3-16-10(8)15/h7-8,11H,2-6H2,1H3,(H,12,14). The summed E-state index contributed by atoms with van der Waals surface area (Å²) in [6.45, 7) is 2.43. The molecule has 2 saturated heterocycles. The molecular formula is C10H17N3O3. The van der Waals surface area contributed by atoms with Crippen LogP contribution in [0.4, 0.5) is 0 Å². The second-order valence-electron chi connectivity index (χ2n) is 4.38. The van der Waals surface area contributed by atoms with E-state index in [1.165, 1.54) is 0 Å². The molecule has 90 valence electrons. The van der Waals surface area contributed by atoms with Crippen LogP contribution in [0.25, 0.3) is 0 Å². The molecule has 2 aliphatic rings. The summed E-state index contributed by atoms with van der Waals surface area (Å²) in [5.74, 6) is -0.311. The van der Waals surface area contributed by atoms with Crippen molar-refractivity contribution in [2.24, 2.45) is 0 Å². The number of carbonyl (C=O) groups excluding carboxylic acids is 2. The molecule has 0 aromatic heterocycles. The Morgan fingerprint density at radius 2 is 2.31 bits per heavy atom. The summed E-state index contributed by atoms with van der Waals surface area (Å²) in [5.41, 5.74) is 0. The first-order chi connectivity index (χ1) is 7.65. The Balaban J connectivity index is 1.62. The van der Waals surface area contributed by atoms with E-state index in [-0.39, 0.29) is 30.5 Å². The predicted octanol–water partition coefficient (Wildman–Crippen LogP) is -1.68. The Morgan fingerprint density at radius 1 is 1.56 bits per heavy atom. The fourth-order valence-corrected chi connectivity index (χ4v) is 1.97. The van der Waals surface area contributed by atoms with Crippen LogP contribution in [0.1, 0.15) is 6.42 Å². The number of cyclic esters (lactones) is 1. The lowest BCUT2D eigenvalue weighted by Crippen LogP contribution is -2.58. The Morgan fingerprint density at radius 3 is 2.88 bits per heavy atom. The van der Waals surface area contributed by atoms with Crippen LogP contribution in [0.15, 0.2) is 0 Å². The maximum absolute atomic E-state index is 11.5. The summed E-state index contributed by atoms with van der Waals surface area (Å²) in [5, 5.41) is 5.79. The summed E-state index contributed by atoms with van der Waals surface area (Å²) >= 11 is 0. The molecule has 0 spiro atoms. The fourth-order valence-electron chi connectivity index (χ4n) is 1.97. The molecule has 2 aliphatic heterocycles. The van der Waals surface area contributed by atoms with Crippen molar-refractivity contribution in [3.05, 3.63) is 0 Å². The molecule has 1 atom stereocenters. The minimum absolute atomic E-state index is 0.0576. The minimum Gasteiger partial charge on any atom is -0.464 e. The summed E-state index contributed by atoms with van der Waals surface area (Å²) in [6, 6.07) is -0.0513. The second-order valence-corrected chi connectivity index (χ2v) is 4.38. The Kier molecular flexibility index (Phi) is 3.40. The van der Waals surface area contributed by atoms with Crippen LogP contribution >= 0.6 is 0 Å². The first-order valence-corrected chi connectivity index (χ1v) is 5.53. The van der Waals surface area contributed by atoms with Gasteiger partial charge in [-0.15, -0.1) is 0 Å². The Bertz CT molecular complexity index is 289. The van der Waals surface area contributed by atoms with Crippen molar-refractivity contribution in [3.63, 3.8) is 0 Å².